The number of benzene rings is 2. The van der Waals surface area contributed by atoms with Crippen LogP contribution in [0.3, 0.4) is 0 Å². The van der Waals surface area contributed by atoms with E-state index in [0.29, 0.717) is 11.5 Å². The van der Waals surface area contributed by atoms with Crippen molar-refractivity contribution in [3.8, 4) is 17.3 Å². The molecule has 5 rings (SSSR count). The van der Waals surface area contributed by atoms with E-state index in [1.807, 2.05) is 90.1 Å². The molecule has 6 nitrogen and oxygen atoms in total. The Morgan fingerprint density at radius 2 is 1.79 bits per heavy atom. The average Bonchev–Trinajstić information content (AvgIpc) is 3.37. The number of pyridine rings is 1. The summed E-state index contributed by atoms with van der Waals surface area (Å²) in [6.45, 7) is 10.5. The minimum Gasteiger partial charge on any atom is -0.510 e. The standard InChI is InChI=1S/C27H26N5O.Pt/c1-19-24-10-9-23(33-22-8-6-7-21(16-22)31-14-13-30(5)18-31)17-25(24)32(29-19)26-15-20(11-12-28-26)27(2,3)4;/h6-15,18H,1-5H3;/q-3;. The summed E-state index contributed by atoms with van der Waals surface area (Å²) in [7, 11) is 1.98. The van der Waals surface area contributed by atoms with Crippen molar-refractivity contribution in [1.82, 2.24) is 19.7 Å². The summed E-state index contributed by atoms with van der Waals surface area (Å²) < 4.78 is 7.98. The normalized spacial score (nSPS) is 13.4. The van der Waals surface area contributed by atoms with Crippen LogP contribution in [0.15, 0.2) is 61.1 Å². The average molecular weight is 632 g/mol. The summed E-state index contributed by atoms with van der Waals surface area (Å²) in [5, 5.41) is 5.76. The van der Waals surface area contributed by atoms with Crippen molar-refractivity contribution in [3.05, 3.63) is 91.1 Å². The molecule has 0 spiro atoms. The first-order chi connectivity index (χ1) is 15.8. The molecule has 7 heteroatoms. The summed E-state index contributed by atoms with van der Waals surface area (Å²) in [5.41, 5.74) is 3.87. The fraction of sp³-hybridized carbons (Fsp3) is 0.222. The van der Waals surface area contributed by atoms with Gasteiger partial charge in [0.1, 0.15) is 0 Å². The summed E-state index contributed by atoms with van der Waals surface area (Å²) in [6.07, 6.45) is 5.80. The molecule has 2 aromatic carbocycles. The van der Waals surface area contributed by atoms with E-state index in [2.05, 4.69) is 44.0 Å². The van der Waals surface area contributed by atoms with Crippen LogP contribution in [0.25, 0.3) is 16.7 Å². The van der Waals surface area contributed by atoms with Crippen molar-refractivity contribution in [3.63, 3.8) is 0 Å². The Hall–Kier alpha value is -3.11. The molecule has 1 aliphatic rings. The Morgan fingerprint density at radius 3 is 2.53 bits per heavy atom. The number of fused-ring (bicyclic) bond motifs is 1. The summed E-state index contributed by atoms with van der Waals surface area (Å²) in [5.74, 6) is 1.99. The van der Waals surface area contributed by atoms with Crippen LogP contribution in [-0.4, -0.2) is 26.7 Å². The number of aromatic nitrogens is 3. The molecule has 0 fully saturated rings. The number of hydrogen-bond donors (Lipinski definition) is 0. The Balaban J connectivity index is 0.00000274. The van der Waals surface area contributed by atoms with E-state index in [1.54, 1.807) is 0 Å². The molecule has 0 unspecified atom stereocenters. The third kappa shape index (κ3) is 4.73. The second kappa shape index (κ2) is 9.26. The van der Waals surface area contributed by atoms with Crippen LogP contribution >= 0.6 is 0 Å². The van der Waals surface area contributed by atoms with Crippen molar-refractivity contribution in [1.29, 1.82) is 0 Å². The van der Waals surface area contributed by atoms with Gasteiger partial charge in [0.25, 0.3) is 0 Å². The second-order valence-corrected chi connectivity index (χ2v) is 9.22. The van der Waals surface area contributed by atoms with E-state index in [4.69, 9.17) is 9.84 Å². The number of aryl methyl sites for hydroxylation is 1. The quantitative estimate of drug-likeness (QED) is 0.268. The third-order valence-electron chi connectivity index (χ3n) is 5.60. The van der Waals surface area contributed by atoms with Gasteiger partial charge in [0, 0.05) is 44.5 Å². The van der Waals surface area contributed by atoms with Gasteiger partial charge in [-0.1, -0.05) is 26.2 Å². The van der Waals surface area contributed by atoms with Gasteiger partial charge in [-0.15, -0.1) is 36.0 Å². The molecule has 1 aliphatic heterocycles. The number of anilines is 1. The van der Waals surface area contributed by atoms with E-state index in [1.165, 1.54) is 5.56 Å². The van der Waals surface area contributed by atoms with Crippen molar-refractivity contribution >= 4 is 16.6 Å². The summed E-state index contributed by atoms with van der Waals surface area (Å²) in [6, 6.07) is 20.6. The minimum absolute atomic E-state index is 0. The van der Waals surface area contributed by atoms with Crippen LogP contribution in [0.1, 0.15) is 32.0 Å². The van der Waals surface area contributed by atoms with E-state index in [0.717, 1.165) is 28.1 Å². The van der Waals surface area contributed by atoms with Crippen molar-refractivity contribution in [2.24, 2.45) is 0 Å². The van der Waals surface area contributed by atoms with E-state index >= 15 is 0 Å². The van der Waals surface area contributed by atoms with Gasteiger partial charge in [-0.25, -0.2) is 9.67 Å². The number of hydrogen-bond acceptors (Lipinski definition) is 5. The Labute approximate surface area is 215 Å². The van der Waals surface area contributed by atoms with Gasteiger partial charge < -0.3 is 14.5 Å². The molecule has 0 saturated heterocycles. The molecule has 0 atom stereocenters. The zero-order chi connectivity index (χ0) is 23.2. The maximum absolute atomic E-state index is 6.14. The fourth-order valence-corrected chi connectivity index (χ4v) is 3.76. The predicted molar refractivity (Wildman–Crippen MR) is 130 cm³/mol. The summed E-state index contributed by atoms with van der Waals surface area (Å²) in [4.78, 5) is 8.55. The Bertz CT molecular complexity index is 1350. The molecular weight excluding hydrogens is 605 g/mol. The van der Waals surface area contributed by atoms with Crippen LogP contribution < -0.4 is 9.64 Å². The van der Waals surface area contributed by atoms with Crippen molar-refractivity contribution in [2.75, 3.05) is 11.9 Å². The second-order valence-electron chi connectivity index (χ2n) is 9.22. The molecule has 34 heavy (non-hydrogen) atoms. The van der Waals surface area contributed by atoms with Crippen molar-refractivity contribution in [2.45, 2.75) is 33.1 Å². The van der Waals surface area contributed by atoms with Gasteiger partial charge >= 0.3 is 0 Å². The monoisotopic (exact) mass is 631 g/mol. The van der Waals surface area contributed by atoms with Gasteiger partial charge in [0.15, 0.2) is 5.82 Å². The third-order valence-corrected chi connectivity index (χ3v) is 5.60. The maximum atomic E-state index is 6.14. The Morgan fingerprint density at radius 1 is 1.00 bits per heavy atom. The molecule has 0 bridgehead atoms. The number of nitrogens with zero attached hydrogens (tertiary/aromatic N) is 5. The molecule has 4 aromatic rings. The SMILES string of the molecule is Cc1nn(-c2cc(C(C)(C)C)ccn2)c2[c-]c(Oc3[c-]c(N4C=CN(C)[CH-]4)ccc3)ccc12.[Pt]. The zero-order valence-electron chi connectivity index (χ0n) is 19.8. The van der Waals surface area contributed by atoms with Gasteiger partial charge in [0.05, 0.1) is 0 Å². The first kappa shape index (κ1) is 24.0. The van der Waals surface area contributed by atoms with E-state index in [-0.39, 0.29) is 26.5 Å². The van der Waals surface area contributed by atoms with Gasteiger partial charge in [-0.3, -0.25) is 0 Å². The van der Waals surface area contributed by atoms with Crippen molar-refractivity contribution < 1.29 is 25.8 Å². The van der Waals surface area contributed by atoms with E-state index in [9.17, 15) is 0 Å². The number of ether oxygens (including phenoxy) is 1. The van der Waals surface area contributed by atoms with Gasteiger partial charge in [-0.05, 0) is 55.0 Å². The van der Waals surface area contributed by atoms with Crippen LogP contribution in [-0.2, 0) is 26.5 Å². The molecular formula is C27H26N5OPt-3. The zero-order valence-corrected chi connectivity index (χ0v) is 22.1. The Kier molecular flexibility index (Phi) is 6.55. The van der Waals surface area contributed by atoms with Crippen LogP contribution in [0.4, 0.5) is 5.69 Å². The number of rotatable bonds is 4. The van der Waals surface area contributed by atoms with Crippen LogP contribution in [0, 0.1) is 25.7 Å². The summed E-state index contributed by atoms with van der Waals surface area (Å²) >= 11 is 0. The molecule has 2 aromatic heterocycles. The molecule has 0 amide bonds. The molecule has 0 saturated carbocycles. The topological polar surface area (TPSA) is 46.4 Å². The van der Waals surface area contributed by atoms with Crippen LogP contribution in [0.2, 0.25) is 0 Å². The largest absolute Gasteiger partial charge is 0.510 e. The molecule has 0 N–H and O–H groups in total. The molecule has 0 radical (unpaired) electrons. The first-order valence-corrected chi connectivity index (χ1v) is 10.9. The minimum atomic E-state index is 0. The molecule has 0 aliphatic carbocycles. The predicted octanol–water partition coefficient (Wildman–Crippen LogP) is 5.76. The maximum Gasteiger partial charge on any atom is 0.151 e. The molecule has 178 valence electrons. The first-order valence-electron chi connectivity index (χ1n) is 10.9. The van der Waals surface area contributed by atoms with Crippen LogP contribution in [0.5, 0.6) is 11.5 Å². The van der Waals surface area contributed by atoms with Gasteiger partial charge in [0.2, 0.25) is 0 Å². The van der Waals surface area contributed by atoms with E-state index < -0.39 is 0 Å². The van der Waals surface area contributed by atoms with Gasteiger partial charge in [-0.2, -0.15) is 23.9 Å². The fourth-order valence-electron chi connectivity index (χ4n) is 3.76. The molecule has 3 heterocycles. The smallest absolute Gasteiger partial charge is 0.151 e.